The molecule has 0 radical (unpaired) electrons. The predicted octanol–water partition coefficient (Wildman–Crippen LogP) is 1.80. The van der Waals surface area contributed by atoms with Crippen molar-refractivity contribution < 1.29 is 5.11 Å². The van der Waals surface area contributed by atoms with E-state index in [2.05, 4.69) is 11.1 Å². The van der Waals surface area contributed by atoms with E-state index in [9.17, 15) is 5.11 Å². The second-order valence-electron chi connectivity index (χ2n) is 4.08. The minimum atomic E-state index is -0.254. The summed E-state index contributed by atoms with van der Waals surface area (Å²) < 4.78 is 0. The minimum Gasteiger partial charge on any atom is -0.392 e. The molecule has 0 aromatic carbocycles. The van der Waals surface area contributed by atoms with Crippen molar-refractivity contribution in [3.63, 3.8) is 0 Å². The normalized spacial score (nSPS) is 21.2. The van der Waals surface area contributed by atoms with Crippen molar-refractivity contribution in [2.45, 2.75) is 38.2 Å². The van der Waals surface area contributed by atoms with E-state index in [0.717, 1.165) is 12.8 Å². The van der Waals surface area contributed by atoms with Gasteiger partial charge in [0.05, 0.1) is 6.10 Å². The van der Waals surface area contributed by atoms with E-state index in [4.69, 9.17) is 0 Å². The van der Waals surface area contributed by atoms with Crippen molar-refractivity contribution in [2.75, 3.05) is 0 Å². The van der Waals surface area contributed by atoms with Crippen molar-refractivity contribution in [1.82, 2.24) is 4.98 Å². The van der Waals surface area contributed by atoms with E-state index in [1.165, 1.54) is 11.1 Å². The molecule has 0 spiro atoms. The Morgan fingerprint density at radius 1 is 1.46 bits per heavy atom. The number of pyridine rings is 1. The zero-order valence-electron chi connectivity index (χ0n) is 8.12. The van der Waals surface area contributed by atoms with Crippen LogP contribution in [0, 0.1) is 6.92 Å². The summed E-state index contributed by atoms with van der Waals surface area (Å²) >= 11 is 0. The molecular weight excluding hydrogens is 162 g/mol. The van der Waals surface area contributed by atoms with Gasteiger partial charge in [0, 0.05) is 17.8 Å². The molecule has 1 aromatic rings. The Labute approximate surface area is 78.6 Å². The highest BCUT2D eigenvalue weighted by molar-refractivity contribution is 5.32. The first-order valence-corrected chi connectivity index (χ1v) is 4.75. The lowest BCUT2D eigenvalue weighted by Gasteiger charge is -2.18. The number of rotatable bonds is 2. The lowest BCUT2D eigenvalue weighted by molar-refractivity contribution is 0.150. The van der Waals surface area contributed by atoms with Gasteiger partial charge in [0.2, 0.25) is 0 Å². The molecule has 1 atom stereocenters. The number of hydrogen-bond donors (Lipinski definition) is 1. The molecule has 1 heterocycles. The van der Waals surface area contributed by atoms with Gasteiger partial charge in [-0.3, -0.25) is 4.98 Å². The minimum absolute atomic E-state index is 0.0268. The van der Waals surface area contributed by atoms with E-state index in [-0.39, 0.29) is 11.5 Å². The van der Waals surface area contributed by atoms with E-state index >= 15 is 0 Å². The summed E-state index contributed by atoms with van der Waals surface area (Å²) in [5.41, 5.74) is 2.39. The van der Waals surface area contributed by atoms with Gasteiger partial charge < -0.3 is 5.11 Å². The Kier molecular flexibility index (Phi) is 1.88. The molecule has 1 unspecified atom stereocenters. The summed E-state index contributed by atoms with van der Waals surface area (Å²) in [5, 5.41) is 9.66. The van der Waals surface area contributed by atoms with Crippen LogP contribution in [0.1, 0.15) is 30.9 Å². The summed E-state index contributed by atoms with van der Waals surface area (Å²) in [7, 11) is 0. The summed E-state index contributed by atoms with van der Waals surface area (Å²) in [5.74, 6) is 0. The Morgan fingerprint density at radius 2 is 2.15 bits per heavy atom. The van der Waals surface area contributed by atoms with Crippen molar-refractivity contribution in [2.24, 2.45) is 0 Å². The van der Waals surface area contributed by atoms with Gasteiger partial charge in [-0.1, -0.05) is 6.07 Å². The molecule has 1 saturated carbocycles. The van der Waals surface area contributed by atoms with Crippen LogP contribution in [0.25, 0.3) is 0 Å². The highest BCUT2D eigenvalue weighted by Crippen LogP contribution is 2.50. The van der Waals surface area contributed by atoms with E-state index in [0.29, 0.717) is 0 Å². The Morgan fingerprint density at radius 3 is 2.62 bits per heavy atom. The maximum Gasteiger partial charge on any atom is 0.0609 e. The molecule has 1 N–H and O–H groups in total. The first kappa shape index (κ1) is 8.70. The van der Waals surface area contributed by atoms with Crippen LogP contribution in [0.5, 0.6) is 0 Å². The average molecular weight is 177 g/mol. The molecule has 1 aliphatic rings. The van der Waals surface area contributed by atoms with Gasteiger partial charge in [-0.25, -0.2) is 0 Å². The summed E-state index contributed by atoms with van der Waals surface area (Å²) in [6.07, 6.45) is 5.66. The van der Waals surface area contributed by atoms with Crippen LogP contribution in [0.2, 0.25) is 0 Å². The summed E-state index contributed by atoms with van der Waals surface area (Å²) in [4.78, 5) is 4.16. The second kappa shape index (κ2) is 2.81. The van der Waals surface area contributed by atoms with Gasteiger partial charge in [-0.05, 0) is 37.8 Å². The van der Waals surface area contributed by atoms with E-state index in [1.807, 2.05) is 26.2 Å². The third-order valence-corrected chi connectivity index (χ3v) is 3.04. The molecule has 1 aromatic heterocycles. The Balaban J connectivity index is 2.35. The van der Waals surface area contributed by atoms with Crippen LogP contribution >= 0.6 is 0 Å². The molecule has 0 aliphatic heterocycles. The fraction of sp³-hybridized carbons (Fsp3) is 0.545. The van der Waals surface area contributed by atoms with Crippen molar-refractivity contribution in [3.05, 3.63) is 29.6 Å². The maximum absolute atomic E-state index is 9.66. The lowest BCUT2D eigenvalue weighted by atomic mass is 9.91. The molecular formula is C11H15NO. The predicted molar refractivity (Wildman–Crippen MR) is 51.6 cm³/mol. The van der Waals surface area contributed by atoms with Crippen LogP contribution in [-0.2, 0) is 5.41 Å². The fourth-order valence-corrected chi connectivity index (χ4v) is 1.91. The maximum atomic E-state index is 9.66. The highest BCUT2D eigenvalue weighted by atomic mass is 16.3. The zero-order valence-corrected chi connectivity index (χ0v) is 8.12. The standard InChI is InChI=1S/C11H15NO/c1-8-5-10(7-12-6-8)11(3-4-11)9(2)13/h5-7,9,13H,3-4H2,1-2H3. The van der Waals surface area contributed by atoms with E-state index < -0.39 is 0 Å². The smallest absolute Gasteiger partial charge is 0.0609 e. The van der Waals surface area contributed by atoms with Gasteiger partial charge in [0.25, 0.3) is 0 Å². The molecule has 0 amide bonds. The molecule has 2 heteroatoms. The third kappa shape index (κ3) is 1.35. The van der Waals surface area contributed by atoms with Crippen molar-refractivity contribution in [3.8, 4) is 0 Å². The van der Waals surface area contributed by atoms with Gasteiger partial charge in [0.15, 0.2) is 0 Å². The summed E-state index contributed by atoms with van der Waals surface area (Å²) in [6.45, 7) is 3.91. The molecule has 1 aliphatic carbocycles. The zero-order chi connectivity index (χ0) is 9.47. The van der Waals surface area contributed by atoms with Gasteiger partial charge in [-0.2, -0.15) is 0 Å². The van der Waals surface area contributed by atoms with Crippen LogP contribution in [0.3, 0.4) is 0 Å². The number of hydrogen-bond acceptors (Lipinski definition) is 2. The van der Waals surface area contributed by atoms with Crippen LogP contribution < -0.4 is 0 Å². The molecule has 13 heavy (non-hydrogen) atoms. The van der Waals surface area contributed by atoms with E-state index in [1.54, 1.807) is 0 Å². The highest BCUT2D eigenvalue weighted by Gasteiger charge is 2.48. The topological polar surface area (TPSA) is 33.1 Å². The number of nitrogens with zero attached hydrogens (tertiary/aromatic N) is 1. The Bertz CT molecular complexity index is 316. The average Bonchev–Trinajstić information content (AvgIpc) is 2.83. The molecule has 2 nitrogen and oxygen atoms in total. The first-order chi connectivity index (χ1) is 6.15. The first-order valence-electron chi connectivity index (χ1n) is 4.75. The second-order valence-corrected chi connectivity index (χ2v) is 4.08. The van der Waals surface area contributed by atoms with Gasteiger partial charge >= 0.3 is 0 Å². The largest absolute Gasteiger partial charge is 0.392 e. The monoisotopic (exact) mass is 177 g/mol. The molecule has 0 bridgehead atoms. The van der Waals surface area contributed by atoms with Crippen LogP contribution in [0.15, 0.2) is 18.5 Å². The third-order valence-electron chi connectivity index (χ3n) is 3.04. The number of aryl methyl sites for hydroxylation is 1. The lowest BCUT2D eigenvalue weighted by Crippen LogP contribution is -2.22. The molecule has 70 valence electrons. The molecule has 2 rings (SSSR count). The summed E-state index contributed by atoms with van der Waals surface area (Å²) in [6, 6.07) is 2.13. The number of aliphatic hydroxyl groups is 1. The molecule has 0 saturated heterocycles. The van der Waals surface area contributed by atoms with Crippen molar-refractivity contribution in [1.29, 1.82) is 0 Å². The van der Waals surface area contributed by atoms with Gasteiger partial charge in [0.1, 0.15) is 0 Å². The van der Waals surface area contributed by atoms with Gasteiger partial charge in [-0.15, -0.1) is 0 Å². The van der Waals surface area contributed by atoms with Crippen molar-refractivity contribution >= 4 is 0 Å². The number of aliphatic hydroxyl groups excluding tert-OH is 1. The molecule has 1 fully saturated rings. The van der Waals surface area contributed by atoms with Crippen LogP contribution in [-0.4, -0.2) is 16.2 Å². The van der Waals surface area contributed by atoms with Crippen LogP contribution in [0.4, 0.5) is 0 Å². The number of aromatic nitrogens is 1. The quantitative estimate of drug-likeness (QED) is 0.747. The fourth-order valence-electron chi connectivity index (χ4n) is 1.91. The Hall–Kier alpha value is -0.890. The SMILES string of the molecule is Cc1cncc(C2(C(C)O)CC2)c1.